The Hall–Kier alpha value is -2.76. The van der Waals surface area contributed by atoms with Crippen molar-refractivity contribution in [3.63, 3.8) is 0 Å². The molecule has 1 fully saturated rings. The summed E-state index contributed by atoms with van der Waals surface area (Å²) in [6.45, 7) is 0.847. The monoisotopic (exact) mass is 397 g/mol. The zero-order valence-electron chi connectivity index (χ0n) is 14.0. The van der Waals surface area contributed by atoms with Gasteiger partial charge in [0.25, 0.3) is 5.91 Å². The minimum absolute atomic E-state index is 0.0561. The van der Waals surface area contributed by atoms with Gasteiger partial charge in [0.15, 0.2) is 5.76 Å². The number of sulfonamides is 1. The van der Waals surface area contributed by atoms with Crippen molar-refractivity contribution in [2.24, 2.45) is 0 Å². The summed E-state index contributed by atoms with van der Waals surface area (Å²) < 4.78 is 50.5. The molecule has 0 atom stereocenters. The van der Waals surface area contributed by atoms with E-state index in [1.54, 1.807) is 0 Å². The summed E-state index contributed by atoms with van der Waals surface area (Å²) in [6, 6.07) is 5.75. The summed E-state index contributed by atoms with van der Waals surface area (Å²) in [4.78, 5) is 23.7. The van der Waals surface area contributed by atoms with Crippen molar-refractivity contribution in [3.8, 4) is 0 Å². The number of ether oxygens (including phenoxy) is 1. The number of hydrazine groups is 1. The predicted octanol–water partition coefficient (Wildman–Crippen LogP) is 0.514. The lowest BCUT2D eigenvalue weighted by molar-refractivity contribution is 0.0730. The van der Waals surface area contributed by atoms with Gasteiger partial charge in [-0.05, 0) is 30.3 Å². The standard InChI is InChI=1S/C16H16FN3O6S/c17-13-4-3-11(27(23,24)20-5-8-25-9-6-20)10-12(13)15(21)18-19-16(22)14-2-1-7-26-14/h1-4,7,10H,5-6,8-9H2,(H,18,21)(H,19,22). The average molecular weight is 397 g/mol. The summed E-state index contributed by atoms with van der Waals surface area (Å²) in [5.41, 5.74) is 3.55. The molecule has 0 spiro atoms. The molecule has 3 rings (SSSR count). The molecule has 0 radical (unpaired) electrons. The van der Waals surface area contributed by atoms with E-state index in [1.165, 1.54) is 22.7 Å². The second-order valence-electron chi connectivity index (χ2n) is 5.54. The molecule has 0 aliphatic carbocycles. The number of hydrogen-bond acceptors (Lipinski definition) is 6. The number of amides is 2. The van der Waals surface area contributed by atoms with Gasteiger partial charge in [0.1, 0.15) is 5.82 Å². The summed E-state index contributed by atoms with van der Waals surface area (Å²) in [5, 5.41) is 0. The van der Waals surface area contributed by atoms with Crippen molar-refractivity contribution in [1.82, 2.24) is 15.2 Å². The number of nitrogens with one attached hydrogen (secondary N) is 2. The lowest BCUT2D eigenvalue weighted by Gasteiger charge is -2.26. The van der Waals surface area contributed by atoms with Crippen molar-refractivity contribution in [1.29, 1.82) is 0 Å². The van der Waals surface area contributed by atoms with E-state index in [9.17, 15) is 22.4 Å². The highest BCUT2D eigenvalue weighted by Crippen LogP contribution is 2.20. The van der Waals surface area contributed by atoms with Crippen LogP contribution in [0.1, 0.15) is 20.9 Å². The largest absolute Gasteiger partial charge is 0.459 e. The molecule has 1 aliphatic rings. The highest BCUT2D eigenvalue weighted by molar-refractivity contribution is 7.89. The van der Waals surface area contributed by atoms with Crippen LogP contribution < -0.4 is 10.9 Å². The van der Waals surface area contributed by atoms with Crippen LogP contribution in [0.15, 0.2) is 45.9 Å². The molecule has 0 unspecified atom stereocenters. The molecule has 9 nitrogen and oxygen atoms in total. The van der Waals surface area contributed by atoms with Crippen LogP contribution in [0.25, 0.3) is 0 Å². The topological polar surface area (TPSA) is 118 Å². The van der Waals surface area contributed by atoms with Crippen LogP contribution >= 0.6 is 0 Å². The summed E-state index contributed by atoms with van der Waals surface area (Å²) in [7, 11) is -3.90. The van der Waals surface area contributed by atoms with E-state index in [0.717, 1.165) is 18.2 Å². The number of furan rings is 1. The molecule has 0 bridgehead atoms. The lowest BCUT2D eigenvalue weighted by Crippen LogP contribution is -2.42. The van der Waals surface area contributed by atoms with Crippen LogP contribution in [0.2, 0.25) is 0 Å². The predicted molar refractivity (Wildman–Crippen MR) is 89.6 cm³/mol. The van der Waals surface area contributed by atoms with Gasteiger partial charge in [-0.15, -0.1) is 0 Å². The van der Waals surface area contributed by atoms with E-state index in [2.05, 4.69) is 5.43 Å². The van der Waals surface area contributed by atoms with Crippen molar-refractivity contribution in [2.45, 2.75) is 4.90 Å². The first-order valence-corrected chi connectivity index (χ1v) is 9.35. The molecule has 27 heavy (non-hydrogen) atoms. The first kappa shape index (κ1) is 19.0. The van der Waals surface area contributed by atoms with Crippen LogP contribution in [0.4, 0.5) is 4.39 Å². The molecule has 144 valence electrons. The Morgan fingerprint density at radius 3 is 2.44 bits per heavy atom. The lowest BCUT2D eigenvalue weighted by atomic mass is 10.2. The maximum Gasteiger partial charge on any atom is 0.305 e. The second-order valence-corrected chi connectivity index (χ2v) is 7.48. The van der Waals surface area contributed by atoms with Gasteiger partial charge in [-0.2, -0.15) is 4.31 Å². The van der Waals surface area contributed by atoms with Crippen molar-refractivity contribution >= 4 is 21.8 Å². The minimum Gasteiger partial charge on any atom is -0.459 e. The molecule has 11 heteroatoms. The summed E-state index contributed by atoms with van der Waals surface area (Å²) >= 11 is 0. The minimum atomic E-state index is -3.90. The maximum atomic E-state index is 14.0. The van der Waals surface area contributed by atoms with E-state index < -0.39 is 33.2 Å². The summed E-state index contributed by atoms with van der Waals surface area (Å²) in [5.74, 6) is -2.74. The van der Waals surface area contributed by atoms with Gasteiger partial charge >= 0.3 is 5.91 Å². The third-order valence-corrected chi connectivity index (χ3v) is 5.72. The number of benzene rings is 1. The smallest absolute Gasteiger partial charge is 0.305 e. The van der Waals surface area contributed by atoms with Gasteiger partial charge in [-0.3, -0.25) is 20.4 Å². The maximum absolute atomic E-state index is 14.0. The summed E-state index contributed by atoms with van der Waals surface area (Å²) in [6.07, 6.45) is 1.27. The molecule has 0 saturated carbocycles. The van der Waals surface area contributed by atoms with Gasteiger partial charge < -0.3 is 9.15 Å². The molecule has 1 aliphatic heterocycles. The van der Waals surface area contributed by atoms with Gasteiger partial charge in [-0.25, -0.2) is 12.8 Å². The van der Waals surface area contributed by atoms with Crippen LogP contribution in [-0.2, 0) is 14.8 Å². The normalized spacial score (nSPS) is 15.3. The number of morpholine rings is 1. The van der Waals surface area contributed by atoms with Gasteiger partial charge in [0.05, 0.1) is 29.9 Å². The zero-order valence-corrected chi connectivity index (χ0v) is 14.8. The molecule has 2 heterocycles. The molecule has 2 amide bonds. The average Bonchev–Trinajstić information content (AvgIpc) is 3.21. The van der Waals surface area contributed by atoms with E-state index in [0.29, 0.717) is 0 Å². The van der Waals surface area contributed by atoms with E-state index in [1.807, 2.05) is 5.43 Å². The number of carbonyl (C=O) groups excluding carboxylic acids is 2. The van der Waals surface area contributed by atoms with Crippen molar-refractivity contribution in [2.75, 3.05) is 26.3 Å². The highest BCUT2D eigenvalue weighted by atomic mass is 32.2. The van der Waals surface area contributed by atoms with E-state index >= 15 is 0 Å². The molecule has 1 saturated heterocycles. The molecule has 2 N–H and O–H groups in total. The fourth-order valence-corrected chi connectivity index (χ4v) is 3.86. The second kappa shape index (κ2) is 7.86. The van der Waals surface area contributed by atoms with Crippen LogP contribution in [0.5, 0.6) is 0 Å². The highest BCUT2D eigenvalue weighted by Gasteiger charge is 2.28. The fourth-order valence-electron chi connectivity index (χ4n) is 2.43. The fraction of sp³-hybridized carbons (Fsp3) is 0.250. The van der Waals surface area contributed by atoms with E-state index in [-0.39, 0.29) is 37.0 Å². The van der Waals surface area contributed by atoms with Crippen LogP contribution in [-0.4, -0.2) is 50.8 Å². The number of hydrogen-bond donors (Lipinski definition) is 2. The molecular weight excluding hydrogens is 381 g/mol. The number of carbonyl (C=O) groups is 2. The van der Waals surface area contributed by atoms with Gasteiger partial charge in [0.2, 0.25) is 10.0 Å². The van der Waals surface area contributed by atoms with Gasteiger partial charge in [0, 0.05) is 13.1 Å². The Kier molecular flexibility index (Phi) is 5.54. The Bertz CT molecular complexity index is 939. The zero-order chi connectivity index (χ0) is 19.4. The third-order valence-electron chi connectivity index (χ3n) is 3.82. The van der Waals surface area contributed by atoms with E-state index in [4.69, 9.17) is 9.15 Å². The Labute approximate surface area is 154 Å². The van der Waals surface area contributed by atoms with Crippen LogP contribution in [0.3, 0.4) is 0 Å². The Morgan fingerprint density at radius 2 is 1.78 bits per heavy atom. The molecule has 1 aromatic heterocycles. The Morgan fingerprint density at radius 1 is 1.07 bits per heavy atom. The number of nitrogens with zero attached hydrogens (tertiary/aromatic N) is 1. The first-order chi connectivity index (χ1) is 12.9. The third kappa shape index (κ3) is 4.15. The molecule has 1 aromatic carbocycles. The van der Waals surface area contributed by atoms with Gasteiger partial charge in [-0.1, -0.05) is 0 Å². The van der Waals surface area contributed by atoms with Crippen molar-refractivity contribution < 1.29 is 31.6 Å². The molecular formula is C16H16FN3O6S. The quantitative estimate of drug-likeness (QED) is 0.726. The number of halogens is 1. The molecule has 2 aromatic rings. The van der Waals surface area contributed by atoms with Crippen LogP contribution in [0, 0.1) is 5.82 Å². The van der Waals surface area contributed by atoms with Crippen molar-refractivity contribution in [3.05, 3.63) is 53.7 Å². The first-order valence-electron chi connectivity index (χ1n) is 7.91. The number of rotatable bonds is 4. The SMILES string of the molecule is O=C(NNC(=O)c1cc(S(=O)(=O)N2CCOCC2)ccc1F)c1ccco1. The Balaban J connectivity index is 1.76.